The van der Waals surface area contributed by atoms with Crippen LogP contribution in [0.15, 0.2) is 36.5 Å². The number of methoxy groups -OCH3 is 1. The molecule has 3 heterocycles. The number of nitrogens with two attached hydrogens (primary N) is 1. The molecule has 5 rings (SSSR count). The van der Waals surface area contributed by atoms with E-state index in [1.165, 1.54) is 6.07 Å². The lowest BCUT2D eigenvalue weighted by Crippen LogP contribution is -2.36. The molecule has 0 saturated heterocycles. The van der Waals surface area contributed by atoms with E-state index in [1.54, 1.807) is 24.3 Å². The van der Waals surface area contributed by atoms with Gasteiger partial charge < -0.3 is 25.6 Å². The van der Waals surface area contributed by atoms with Crippen LogP contribution in [0.25, 0.3) is 11.0 Å². The summed E-state index contributed by atoms with van der Waals surface area (Å²) in [6.45, 7) is 0.874. The number of primary amides is 1. The van der Waals surface area contributed by atoms with Crippen molar-refractivity contribution in [3.05, 3.63) is 58.5 Å². The zero-order valence-corrected chi connectivity index (χ0v) is 22.2. The molecule has 202 valence electrons. The molecule has 4 aromatic rings. The van der Waals surface area contributed by atoms with Gasteiger partial charge in [-0.15, -0.1) is 0 Å². The Hall–Kier alpha value is -4.42. The molecule has 6 N–H and O–H groups in total. The minimum atomic E-state index is -0.950. The monoisotopic (exact) mass is 553 g/mol. The molecule has 11 nitrogen and oxygen atoms in total. The van der Waals surface area contributed by atoms with E-state index in [9.17, 15) is 14.0 Å². The molecule has 13 heteroatoms. The minimum absolute atomic E-state index is 0.00199. The van der Waals surface area contributed by atoms with Crippen molar-refractivity contribution in [2.45, 2.75) is 6.42 Å². The highest BCUT2D eigenvalue weighted by molar-refractivity contribution is 6.31. The van der Waals surface area contributed by atoms with Gasteiger partial charge in [-0.05, 0) is 50.3 Å². The second-order valence-corrected chi connectivity index (χ2v) is 9.78. The molecule has 1 aliphatic heterocycles. The molecule has 0 radical (unpaired) electrons. The number of hydrogen-bond donors (Lipinski definition) is 4. The Labute approximate surface area is 228 Å². The van der Waals surface area contributed by atoms with Gasteiger partial charge in [0.2, 0.25) is 17.4 Å². The summed E-state index contributed by atoms with van der Waals surface area (Å²) in [6, 6.07) is 7.94. The third-order valence-corrected chi connectivity index (χ3v) is 6.54. The number of nitrogens with one attached hydrogen (secondary N) is 4. The number of likely N-dealkylation sites (N-methyl/N-ethyl adjacent to an activating group) is 1. The SMILES string of the molecule is COc1cc2c(cc1Nc1nc(Nc3cc(Cl)cc(F)c3C(N)=O)c3cc[nH]c3[nH+]1)N(C(=O)CN(C)C)CC2. The van der Waals surface area contributed by atoms with Crippen LogP contribution in [0.1, 0.15) is 15.9 Å². The number of amides is 2. The van der Waals surface area contributed by atoms with Gasteiger partial charge in [-0.3, -0.25) is 19.9 Å². The maximum Gasteiger partial charge on any atom is 0.351 e. The van der Waals surface area contributed by atoms with E-state index in [2.05, 4.69) is 25.6 Å². The molecule has 0 unspecified atom stereocenters. The number of benzene rings is 2. The molecule has 39 heavy (non-hydrogen) atoms. The number of carbonyl (C=O) groups is 2. The van der Waals surface area contributed by atoms with Gasteiger partial charge in [0.1, 0.15) is 11.5 Å². The maximum absolute atomic E-state index is 14.5. The lowest BCUT2D eigenvalue weighted by Gasteiger charge is -2.20. The van der Waals surface area contributed by atoms with Crippen LogP contribution in [0.3, 0.4) is 0 Å². The van der Waals surface area contributed by atoms with Crippen LogP contribution in [0.2, 0.25) is 5.02 Å². The molecular formula is C26H27ClFN8O3+. The fraction of sp³-hybridized carbons (Fsp3) is 0.231. The number of carbonyl (C=O) groups excluding carboxylic acids is 2. The van der Waals surface area contributed by atoms with E-state index in [0.717, 1.165) is 23.7 Å². The average Bonchev–Trinajstić information content (AvgIpc) is 3.49. The smallest absolute Gasteiger partial charge is 0.351 e. The molecule has 2 aromatic carbocycles. The Bertz CT molecular complexity index is 1610. The van der Waals surface area contributed by atoms with Crippen molar-refractivity contribution in [1.82, 2.24) is 14.9 Å². The lowest BCUT2D eigenvalue weighted by atomic mass is 10.1. The fourth-order valence-corrected chi connectivity index (χ4v) is 4.82. The van der Waals surface area contributed by atoms with E-state index in [-0.39, 0.29) is 22.2 Å². The minimum Gasteiger partial charge on any atom is -0.493 e. The van der Waals surface area contributed by atoms with E-state index >= 15 is 0 Å². The lowest BCUT2D eigenvalue weighted by molar-refractivity contribution is -0.333. The van der Waals surface area contributed by atoms with Crippen molar-refractivity contribution in [3.8, 4) is 5.75 Å². The zero-order chi connectivity index (χ0) is 27.8. The highest BCUT2D eigenvalue weighted by Crippen LogP contribution is 2.38. The molecule has 1 aliphatic rings. The molecule has 0 aliphatic carbocycles. The highest BCUT2D eigenvalue weighted by Gasteiger charge is 2.28. The number of aromatic amines is 2. The fourth-order valence-electron chi connectivity index (χ4n) is 4.62. The molecular weight excluding hydrogens is 527 g/mol. The first kappa shape index (κ1) is 26.2. The van der Waals surface area contributed by atoms with E-state index < -0.39 is 11.7 Å². The summed E-state index contributed by atoms with van der Waals surface area (Å²) in [7, 11) is 5.27. The third kappa shape index (κ3) is 5.16. The summed E-state index contributed by atoms with van der Waals surface area (Å²) >= 11 is 6.05. The van der Waals surface area contributed by atoms with Crippen LogP contribution in [0.5, 0.6) is 5.75 Å². The number of H-pyrrole nitrogens is 2. The van der Waals surface area contributed by atoms with Gasteiger partial charge in [0.25, 0.3) is 5.91 Å². The van der Waals surface area contributed by atoms with Gasteiger partial charge in [0.05, 0.1) is 36.0 Å². The van der Waals surface area contributed by atoms with E-state index in [1.807, 2.05) is 31.1 Å². The van der Waals surface area contributed by atoms with Crippen molar-refractivity contribution in [2.24, 2.45) is 5.73 Å². The van der Waals surface area contributed by atoms with Gasteiger partial charge in [0, 0.05) is 23.8 Å². The van der Waals surface area contributed by atoms with E-state index in [0.29, 0.717) is 47.3 Å². The van der Waals surface area contributed by atoms with Crippen molar-refractivity contribution < 1.29 is 23.7 Å². The van der Waals surface area contributed by atoms with E-state index in [4.69, 9.17) is 22.1 Å². The number of nitrogens with zero attached hydrogens (tertiary/aromatic N) is 3. The van der Waals surface area contributed by atoms with Crippen LogP contribution in [-0.2, 0) is 11.2 Å². The predicted molar refractivity (Wildman–Crippen MR) is 147 cm³/mol. The standard InChI is InChI=1S/C26H26ClFN8O3/c1-35(2)12-21(37)36-7-5-13-8-20(39-3)17(11-19(13)36)32-26-33-24-15(4-6-30-24)25(34-26)31-18-10-14(27)9-16(28)22(18)23(29)38/h4,6,8-11H,5,7,12H2,1-3H3,(H2,29,38)(H3,30,31,32,33,34)/p+1. The second kappa shape index (κ2) is 10.4. The number of rotatable bonds is 8. The maximum atomic E-state index is 14.5. The Kier molecular flexibility index (Phi) is 6.98. The molecule has 2 amide bonds. The molecule has 0 saturated carbocycles. The number of anilines is 5. The predicted octanol–water partition coefficient (Wildman–Crippen LogP) is 3.21. The van der Waals surface area contributed by atoms with Gasteiger partial charge in [-0.1, -0.05) is 16.6 Å². The Morgan fingerprint density at radius 3 is 2.77 bits per heavy atom. The molecule has 2 aromatic heterocycles. The number of ether oxygens (including phenoxy) is 1. The largest absolute Gasteiger partial charge is 0.493 e. The summed E-state index contributed by atoms with van der Waals surface area (Å²) < 4.78 is 20.1. The zero-order valence-electron chi connectivity index (χ0n) is 21.5. The summed E-state index contributed by atoms with van der Waals surface area (Å²) in [4.78, 5) is 39.3. The van der Waals surface area contributed by atoms with Gasteiger partial charge in [-0.25, -0.2) is 9.37 Å². The Morgan fingerprint density at radius 1 is 1.26 bits per heavy atom. The molecule has 0 bridgehead atoms. The van der Waals surface area contributed by atoms with Crippen molar-refractivity contribution in [1.29, 1.82) is 0 Å². The summed E-state index contributed by atoms with van der Waals surface area (Å²) in [6.07, 6.45) is 2.42. The van der Waals surface area contributed by atoms with Crippen LogP contribution in [-0.4, -0.2) is 61.0 Å². The molecule has 0 spiro atoms. The van der Waals surface area contributed by atoms with Crippen LogP contribution >= 0.6 is 11.6 Å². The average molecular weight is 554 g/mol. The normalized spacial score (nSPS) is 12.6. The molecule has 0 atom stereocenters. The first-order valence-electron chi connectivity index (χ1n) is 12.0. The first-order chi connectivity index (χ1) is 18.6. The van der Waals surface area contributed by atoms with Crippen molar-refractivity contribution in [2.75, 3.05) is 49.8 Å². The summed E-state index contributed by atoms with van der Waals surface area (Å²) in [5.41, 5.74) is 8.14. The first-order valence-corrected chi connectivity index (χ1v) is 12.4. The van der Waals surface area contributed by atoms with Gasteiger partial charge in [-0.2, -0.15) is 0 Å². The summed E-state index contributed by atoms with van der Waals surface area (Å²) in [5, 5.41) is 6.95. The van der Waals surface area contributed by atoms with Crippen LogP contribution < -0.4 is 31.0 Å². The molecule has 0 fully saturated rings. The van der Waals surface area contributed by atoms with Gasteiger partial charge >= 0.3 is 5.95 Å². The van der Waals surface area contributed by atoms with Crippen molar-refractivity contribution in [3.63, 3.8) is 0 Å². The Balaban J connectivity index is 1.53. The van der Waals surface area contributed by atoms with Gasteiger partial charge in [0.15, 0.2) is 5.75 Å². The van der Waals surface area contributed by atoms with Crippen LogP contribution in [0, 0.1) is 5.82 Å². The quantitative estimate of drug-likeness (QED) is 0.262. The van der Waals surface area contributed by atoms with Crippen molar-refractivity contribution >= 4 is 63.3 Å². The summed E-state index contributed by atoms with van der Waals surface area (Å²) in [5.74, 6) is -0.621. The number of halogens is 2. The third-order valence-electron chi connectivity index (χ3n) is 6.33. The number of aromatic nitrogens is 3. The van der Waals surface area contributed by atoms with Crippen LogP contribution in [0.4, 0.5) is 33.2 Å². The second-order valence-electron chi connectivity index (χ2n) is 9.34. The number of hydrogen-bond acceptors (Lipinski definition) is 7. The Morgan fingerprint density at radius 2 is 2.05 bits per heavy atom. The topological polar surface area (TPSA) is 143 Å². The highest BCUT2D eigenvalue weighted by atomic mass is 35.5. The number of fused-ring (bicyclic) bond motifs is 2.